The van der Waals surface area contributed by atoms with Crippen molar-refractivity contribution in [1.82, 2.24) is 15.1 Å². The lowest BCUT2D eigenvalue weighted by molar-refractivity contribution is 0.0950. The number of urea groups is 1. The zero-order valence-corrected chi connectivity index (χ0v) is 14.5. The van der Waals surface area contributed by atoms with Gasteiger partial charge < -0.3 is 19.9 Å². The van der Waals surface area contributed by atoms with Gasteiger partial charge in [-0.15, -0.1) is 0 Å². The third-order valence-electron chi connectivity index (χ3n) is 4.43. The molecule has 0 aromatic rings. The fourth-order valence-electron chi connectivity index (χ4n) is 2.94. The van der Waals surface area contributed by atoms with Gasteiger partial charge in [0, 0.05) is 32.2 Å². The van der Waals surface area contributed by atoms with Crippen molar-refractivity contribution in [2.75, 3.05) is 38.2 Å². The van der Waals surface area contributed by atoms with Crippen molar-refractivity contribution in [1.29, 1.82) is 0 Å². The molecular weight excluding hydrogens is 322 g/mol. The van der Waals surface area contributed by atoms with Crippen LogP contribution in [0.3, 0.4) is 0 Å². The molecule has 0 aliphatic carbocycles. The molecule has 0 saturated carbocycles. The Morgan fingerprint density at radius 1 is 1.26 bits per heavy atom. The second kappa shape index (κ2) is 7.37. The number of nitrogens with one attached hydrogen (secondary N) is 1. The first-order chi connectivity index (χ1) is 10.8. The maximum atomic E-state index is 12.2. The van der Waals surface area contributed by atoms with Crippen LogP contribution in [-0.2, 0) is 14.6 Å². The van der Waals surface area contributed by atoms with Gasteiger partial charge in [0.1, 0.15) is 0 Å². The molecule has 9 heteroatoms. The molecular formula is C14H25N3O5S. The molecule has 132 valence electrons. The predicted molar refractivity (Wildman–Crippen MR) is 85.0 cm³/mol. The summed E-state index contributed by atoms with van der Waals surface area (Å²) in [7, 11) is -1.38. The maximum Gasteiger partial charge on any atom is 0.409 e. The van der Waals surface area contributed by atoms with Gasteiger partial charge in [0.05, 0.1) is 18.1 Å². The van der Waals surface area contributed by atoms with Crippen molar-refractivity contribution in [3.05, 3.63) is 0 Å². The topological polar surface area (TPSA) is 96.0 Å². The van der Waals surface area contributed by atoms with Crippen molar-refractivity contribution in [2.24, 2.45) is 0 Å². The van der Waals surface area contributed by atoms with Crippen LogP contribution >= 0.6 is 0 Å². The van der Waals surface area contributed by atoms with Crippen molar-refractivity contribution in [2.45, 2.75) is 38.3 Å². The molecule has 0 spiro atoms. The Labute approximate surface area is 137 Å². The van der Waals surface area contributed by atoms with Crippen LogP contribution in [0.15, 0.2) is 0 Å². The van der Waals surface area contributed by atoms with E-state index in [9.17, 15) is 18.0 Å². The molecule has 0 radical (unpaired) electrons. The summed E-state index contributed by atoms with van der Waals surface area (Å²) in [6.07, 6.45) is 1.52. The summed E-state index contributed by atoms with van der Waals surface area (Å²) >= 11 is 0. The summed E-state index contributed by atoms with van der Waals surface area (Å²) in [6.45, 7) is 3.21. The van der Waals surface area contributed by atoms with Crippen molar-refractivity contribution >= 4 is 22.0 Å². The number of piperidine rings is 1. The van der Waals surface area contributed by atoms with Crippen LogP contribution in [0.5, 0.6) is 0 Å². The van der Waals surface area contributed by atoms with Gasteiger partial charge in [0.2, 0.25) is 0 Å². The van der Waals surface area contributed by atoms with E-state index in [-0.39, 0.29) is 35.7 Å². The highest BCUT2D eigenvalue weighted by Gasteiger charge is 2.33. The number of rotatable bonds is 3. The Balaban J connectivity index is 1.77. The van der Waals surface area contributed by atoms with Crippen LogP contribution in [0.25, 0.3) is 0 Å². The number of likely N-dealkylation sites (tertiary alicyclic amines) is 1. The van der Waals surface area contributed by atoms with Gasteiger partial charge in [0.15, 0.2) is 9.84 Å². The van der Waals surface area contributed by atoms with E-state index in [0.717, 1.165) is 0 Å². The minimum absolute atomic E-state index is 0.00589. The van der Waals surface area contributed by atoms with Crippen molar-refractivity contribution in [3.63, 3.8) is 0 Å². The van der Waals surface area contributed by atoms with E-state index in [1.807, 2.05) is 0 Å². The van der Waals surface area contributed by atoms with Gasteiger partial charge in [0.25, 0.3) is 0 Å². The lowest BCUT2D eigenvalue weighted by Gasteiger charge is -2.33. The number of amides is 3. The Morgan fingerprint density at radius 3 is 2.43 bits per heavy atom. The summed E-state index contributed by atoms with van der Waals surface area (Å²) in [5, 5.41) is 2.93. The summed E-state index contributed by atoms with van der Waals surface area (Å²) in [6, 6.07) is -0.505. The molecule has 3 amide bonds. The van der Waals surface area contributed by atoms with Crippen molar-refractivity contribution in [3.8, 4) is 0 Å². The molecule has 2 aliphatic rings. The van der Waals surface area contributed by atoms with Gasteiger partial charge in [-0.25, -0.2) is 18.0 Å². The SMILES string of the molecule is CCOC(=O)N1CCC(NC(=O)N(C)C2CCS(=O)(=O)C2)CC1. The number of hydrogen-bond acceptors (Lipinski definition) is 5. The molecule has 23 heavy (non-hydrogen) atoms. The van der Waals surface area contributed by atoms with Crippen LogP contribution in [0, 0.1) is 0 Å². The summed E-state index contributed by atoms with van der Waals surface area (Å²) in [5.74, 6) is 0.186. The molecule has 0 aromatic carbocycles. The van der Waals surface area contributed by atoms with E-state index in [0.29, 0.717) is 39.0 Å². The molecule has 0 bridgehead atoms. The number of hydrogen-bond donors (Lipinski definition) is 1. The van der Waals surface area contributed by atoms with Crippen LogP contribution < -0.4 is 5.32 Å². The largest absolute Gasteiger partial charge is 0.450 e. The van der Waals surface area contributed by atoms with Crippen molar-refractivity contribution < 1.29 is 22.7 Å². The van der Waals surface area contributed by atoms with Gasteiger partial charge in [-0.05, 0) is 26.2 Å². The Hall–Kier alpha value is -1.51. The van der Waals surface area contributed by atoms with Gasteiger partial charge in [-0.1, -0.05) is 0 Å². The monoisotopic (exact) mass is 347 g/mol. The summed E-state index contributed by atoms with van der Waals surface area (Å²) in [4.78, 5) is 27.0. The molecule has 2 saturated heterocycles. The molecule has 1 unspecified atom stereocenters. The Bertz CT molecular complexity index is 543. The van der Waals surface area contributed by atoms with E-state index in [1.54, 1.807) is 18.9 Å². The molecule has 2 aliphatic heterocycles. The maximum absolute atomic E-state index is 12.2. The molecule has 2 rings (SSSR count). The fraction of sp³-hybridized carbons (Fsp3) is 0.857. The third kappa shape index (κ3) is 4.73. The lowest BCUT2D eigenvalue weighted by Crippen LogP contribution is -2.51. The van der Waals surface area contributed by atoms with Gasteiger partial charge in [-0.3, -0.25) is 0 Å². The second-order valence-electron chi connectivity index (χ2n) is 6.08. The molecule has 1 atom stereocenters. The van der Waals surface area contributed by atoms with E-state index >= 15 is 0 Å². The standard InChI is InChI=1S/C14H25N3O5S/c1-3-22-14(19)17-7-4-11(5-8-17)15-13(18)16(2)12-6-9-23(20,21)10-12/h11-12H,3-10H2,1-2H3,(H,15,18). The van der Waals surface area contributed by atoms with E-state index < -0.39 is 9.84 Å². The van der Waals surface area contributed by atoms with E-state index in [2.05, 4.69) is 5.32 Å². The van der Waals surface area contributed by atoms with E-state index in [1.165, 1.54) is 4.90 Å². The minimum atomic E-state index is -3.01. The average Bonchev–Trinajstić information content (AvgIpc) is 2.87. The van der Waals surface area contributed by atoms with Crippen LogP contribution in [0.4, 0.5) is 9.59 Å². The Kier molecular flexibility index (Phi) is 5.72. The number of carbonyl (C=O) groups is 2. The number of sulfone groups is 1. The zero-order valence-electron chi connectivity index (χ0n) is 13.7. The summed E-state index contributed by atoms with van der Waals surface area (Å²) in [5.41, 5.74) is 0. The molecule has 0 aromatic heterocycles. The lowest BCUT2D eigenvalue weighted by atomic mass is 10.1. The smallest absolute Gasteiger partial charge is 0.409 e. The predicted octanol–water partition coefficient (Wildman–Crippen LogP) is 0.436. The minimum Gasteiger partial charge on any atom is -0.450 e. The number of ether oxygens (including phenoxy) is 1. The second-order valence-corrected chi connectivity index (χ2v) is 8.31. The first-order valence-electron chi connectivity index (χ1n) is 7.98. The highest BCUT2D eigenvalue weighted by atomic mass is 32.2. The van der Waals surface area contributed by atoms with Crippen LogP contribution in [-0.4, -0.2) is 80.7 Å². The third-order valence-corrected chi connectivity index (χ3v) is 6.18. The summed E-state index contributed by atoms with van der Waals surface area (Å²) < 4.78 is 28.0. The molecule has 2 fully saturated rings. The molecule has 8 nitrogen and oxygen atoms in total. The Morgan fingerprint density at radius 2 is 1.91 bits per heavy atom. The number of nitrogens with zero attached hydrogens (tertiary/aromatic N) is 2. The zero-order chi connectivity index (χ0) is 17.0. The molecule has 2 heterocycles. The van der Waals surface area contributed by atoms with E-state index in [4.69, 9.17) is 4.74 Å². The highest BCUT2D eigenvalue weighted by molar-refractivity contribution is 7.91. The molecule has 1 N–H and O–H groups in total. The van der Waals surface area contributed by atoms with Gasteiger partial charge >= 0.3 is 12.1 Å². The van der Waals surface area contributed by atoms with Crippen LogP contribution in [0.2, 0.25) is 0 Å². The average molecular weight is 347 g/mol. The highest BCUT2D eigenvalue weighted by Crippen LogP contribution is 2.17. The van der Waals surface area contributed by atoms with Crippen LogP contribution in [0.1, 0.15) is 26.2 Å². The van der Waals surface area contributed by atoms with Gasteiger partial charge in [-0.2, -0.15) is 0 Å². The number of carbonyl (C=O) groups excluding carboxylic acids is 2. The first-order valence-corrected chi connectivity index (χ1v) is 9.80. The fourth-order valence-corrected chi connectivity index (χ4v) is 4.72. The first kappa shape index (κ1) is 17.8. The quantitative estimate of drug-likeness (QED) is 0.799. The normalized spacial score (nSPS) is 24.3.